The molecule has 1 aliphatic heterocycles. The van der Waals surface area contributed by atoms with Gasteiger partial charge in [0.2, 0.25) is 0 Å². The smallest absolute Gasteiger partial charge is 0.265 e. The molecule has 2 rings (SSSR count). The van der Waals surface area contributed by atoms with Crippen LogP contribution in [0.3, 0.4) is 0 Å². The Balaban J connectivity index is 1.93. The van der Waals surface area contributed by atoms with E-state index in [0.717, 1.165) is 31.5 Å². The normalized spacial score (nSPS) is 16.2. The van der Waals surface area contributed by atoms with Gasteiger partial charge < -0.3 is 10.2 Å². The molecule has 1 heterocycles. The topological polar surface area (TPSA) is 56.1 Å². The van der Waals surface area contributed by atoms with Crippen molar-refractivity contribution in [3.63, 3.8) is 0 Å². The first-order valence-electron chi connectivity index (χ1n) is 7.78. The molecule has 116 valence electrons. The maximum absolute atomic E-state index is 12.3. The number of carbonyl (C=O) groups is 1. The van der Waals surface area contributed by atoms with Crippen LogP contribution in [0.4, 0.5) is 0 Å². The number of nitrogens with zero attached hydrogens (tertiary/aromatic N) is 2. The number of benzene rings is 1. The molecule has 1 aromatic carbocycles. The highest BCUT2D eigenvalue weighted by atomic mass is 16.2. The molecule has 0 unspecified atom stereocenters. The largest absolute Gasteiger partial charge is 0.386 e. The molecule has 0 spiro atoms. The van der Waals surface area contributed by atoms with Crippen molar-refractivity contribution >= 4 is 5.91 Å². The lowest BCUT2D eigenvalue weighted by Crippen LogP contribution is -2.38. The van der Waals surface area contributed by atoms with Gasteiger partial charge in [0.1, 0.15) is 11.6 Å². The van der Waals surface area contributed by atoms with Crippen molar-refractivity contribution in [3.05, 3.63) is 47.2 Å². The van der Waals surface area contributed by atoms with Crippen molar-refractivity contribution in [3.8, 4) is 6.07 Å². The van der Waals surface area contributed by atoms with Gasteiger partial charge in [-0.2, -0.15) is 5.26 Å². The van der Waals surface area contributed by atoms with Crippen LogP contribution in [0.25, 0.3) is 0 Å². The van der Waals surface area contributed by atoms with E-state index in [2.05, 4.69) is 18.3 Å². The summed E-state index contributed by atoms with van der Waals surface area (Å²) >= 11 is 0. The lowest BCUT2D eigenvalue weighted by atomic mass is 9.99. The molecule has 1 amide bonds. The maximum atomic E-state index is 12.3. The lowest BCUT2D eigenvalue weighted by Gasteiger charge is -2.30. The van der Waals surface area contributed by atoms with Crippen molar-refractivity contribution in [2.75, 3.05) is 13.1 Å². The van der Waals surface area contributed by atoms with Crippen molar-refractivity contribution < 1.29 is 4.79 Å². The standard InChI is InChI=1S/C18H23N3O/c1-14-6-8-21(9-7-14)18(22)17(11-19)13-20-12-16-5-3-4-15(2)10-16/h3-5,10,13-14,20H,6-9,12H2,1-2H3/b17-13-. The van der Waals surface area contributed by atoms with Crippen LogP contribution < -0.4 is 5.32 Å². The van der Waals surface area contributed by atoms with Crippen LogP contribution in [-0.4, -0.2) is 23.9 Å². The molecule has 0 aliphatic carbocycles. The van der Waals surface area contributed by atoms with Crippen molar-refractivity contribution in [2.24, 2.45) is 5.92 Å². The fourth-order valence-corrected chi connectivity index (χ4v) is 2.62. The van der Waals surface area contributed by atoms with E-state index in [9.17, 15) is 10.1 Å². The van der Waals surface area contributed by atoms with Crippen LogP contribution in [0.5, 0.6) is 0 Å². The zero-order chi connectivity index (χ0) is 15.9. The van der Waals surface area contributed by atoms with E-state index in [1.165, 1.54) is 5.56 Å². The fraction of sp³-hybridized carbons (Fsp3) is 0.444. The third kappa shape index (κ3) is 4.36. The summed E-state index contributed by atoms with van der Waals surface area (Å²) in [6.45, 7) is 6.35. The molecule has 0 bridgehead atoms. The fourth-order valence-electron chi connectivity index (χ4n) is 2.62. The summed E-state index contributed by atoms with van der Waals surface area (Å²) in [6, 6.07) is 10.2. The van der Waals surface area contributed by atoms with Gasteiger partial charge in [-0.3, -0.25) is 4.79 Å². The predicted octanol–water partition coefficient (Wildman–Crippen LogP) is 2.75. The molecule has 1 fully saturated rings. The molecule has 0 aromatic heterocycles. The number of amides is 1. The molecule has 0 saturated carbocycles. The third-order valence-corrected chi connectivity index (χ3v) is 4.06. The summed E-state index contributed by atoms with van der Waals surface area (Å²) in [5.74, 6) is 0.504. The monoisotopic (exact) mass is 297 g/mol. The van der Waals surface area contributed by atoms with Crippen molar-refractivity contribution in [1.82, 2.24) is 10.2 Å². The number of hydrogen-bond donors (Lipinski definition) is 1. The number of rotatable bonds is 4. The highest BCUT2D eigenvalue weighted by Crippen LogP contribution is 2.17. The van der Waals surface area contributed by atoms with Gasteiger partial charge in [-0.15, -0.1) is 0 Å². The average molecular weight is 297 g/mol. The lowest BCUT2D eigenvalue weighted by molar-refractivity contribution is -0.128. The molecule has 0 atom stereocenters. The Kier molecular flexibility index (Phi) is 5.60. The van der Waals surface area contributed by atoms with Gasteiger partial charge in [-0.25, -0.2) is 0 Å². The summed E-state index contributed by atoms with van der Waals surface area (Å²) < 4.78 is 0. The highest BCUT2D eigenvalue weighted by molar-refractivity contribution is 5.97. The van der Waals surface area contributed by atoms with E-state index in [1.807, 2.05) is 31.2 Å². The Labute approximate surface area is 132 Å². The number of nitrogens with one attached hydrogen (secondary N) is 1. The van der Waals surface area contributed by atoms with Gasteiger partial charge in [0, 0.05) is 25.8 Å². The zero-order valence-electron chi connectivity index (χ0n) is 13.3. The molecular formula is C18H23N3O. The van der Waals surface area contributed by atoms with Crippen molar-refractivity contribution in [1.29, 1.82) is 5.26 Å². The van der Waals surface area contributed by atoms with Crippen molar-refractivity contribution in [2.45, 2.75) is 33.2 Å². The minimum absolute atomic E-state index is 0.161. The molecule has 1 saturated heterocycles. The Morgan fingerprint density at radius 1 is 1.45 bits per heavy atom. The zero-order valence-corrected chi connectivity index (χ0v) is 13.3. The Bertz CT molecular complexity index is 593. The van der Waals surface area contributed by atoms with E-state index in [-0.39, 0.29) is 11.5 Å². The van der Waals surface area contributed by atoms with Gasteiger partial charge in [0.05, 0.1) is 0 Å². The Hall–Kier alpha value is -2.28. The van der Waals surface area contributed by atoms with Gasteiger partial charge in [-0.1, -0.05) is 36.8 Å². The molecule has 4 heteroatoms. The third-order valence-electron chi connectivity index (χ3n) is 4.06. The summed E-state index contributed by atoms with van der Waals surface area (Å²) in [7, 11) is 0. The summed E-state index contributed by atoms with van der Waals surface area (Å²) in [5.41, 5.74) is 2.51. The quantitative estimate of drug-likeness (QED) is 0.687. The number of carbonyl (C=O) groups excluding carboxylic acids is 1. The molecule has 1 N–H and O–H groups in total. The SMILES string of the molecule is Cc1cccc(CN/C=C(/C#N)C(=O)N2CCC(C)CC2)c1. The van der Waals surface area contributed by atoms with Crippen LogP contribution in [0.1, 0.15) is 30.9 Å². The number of piperidine rings is 1. The first-order valence-corrected chi connectivity index (χ1v) is 7.78. The van der Waals surface area contributed by atoms with Crippen LogP contribution in [-0.2, 0) is 11.3 Å². The summed E-state index contributed by atoms with van der Waals surface area (Å²) in [6.07, 6.45) is 3.57. The van der Waals surface area contributed by atoms with E-state index >= 15 is 0 Å². The molecule has 1 aliphatic rings. The molecule has 0 radical (unpaired) electrons. The first-order chi connectivity index (χ1) is 10.6. The van der Waals surface area contributed by atoms with Crippen LogP contribution in [0, 0.1) is 24.2 Å². The average Bonchev–Trinajstić information content (AvgIpc) is 2.52. The summed E-state index contributed by atoms with van der Waals surface area (Å²) in [4.78, 5) is 14.1. The number of hydrogen-bond acceptors (Lipinski definition) is 3. The van der Waals surface area contributed by atoms with E-state index in [1.54, 1.807) is 11.1 Å². The Morgan fingerprint density at radius 3 is 2.82 bits per heavy atom. The number of aryl methyl sites for hydroxylation is 1. The first kappa shape index (κ1) is 16.1. The van der Waals surface area contributed by atoms with Gasteiger partial charge in [0.15, 0.2) is 0 Å². The minimum Gasteiger partial charge on any atom is -0.386 e. The van der Waals surface area contributed by atoms with Crippen LogP contribution in [0.2, 0.25) is 0 Å². The molecule has 4 nitrogen and oxygen atoms in total. The summed E-state index contributed by atoms with van der Waals surface area (Å²) in [5, 5.41) is 12.3. The second-order valence-corrected chi connectivity index (χ2v) is 6.01. The molecular weight excluding hydrogens is 274 g/mol. The minimum atomic E-state index is -0.161. The molecule has 1 aromatic rings. The Morgan fingerprint density at radius 2 is 2.18 bits per heavy atom. The number of likely N-dealkylation sites (tertiary alicyclic amines) is 1. The second kappa shape index (κ2) is 7.65. The van der Waals surface area contributed by atoms with Crippen LogP contribution in [0.15, 0.2) is 36.0 Å². The molecule has 22 heavy (non-hydrogen) atoms. The second-order valence-electron chi connectivity index (χ2n) is 6.01. The van der Waals surface area contributed by atoms with E-state index in [4.69, 9.17) is 0 Å². The maximum Gasteiger partial charge on any atom is 0.265 e. The number of nitriles is 1. The van der Waals surface area contributed by atoms with E-state index < -0.39 is 0 Å². The van der Waals surface area contributed by atoms with Crippen LogP contribution >= 0.6 is 0 Å². The van der Waals surface area contributed by atoms with Gasteiger partial charge in [-0.05, 0) is 31.2 Å². The highest BCUT2D eigenvalue weighted by Gasteiger charge is 2.22. The van der Waals surface area contributed by atoms with Gasteiger partial charge in [0.25, 0.3) is 5.91 Å². The van der Waals surface area contributed by atoms with E-state index in [0.29, 0.717) is 12.5 Å². The van der Waals surface area contributed by atoms with Gasteiger partial charge >= 0.3 is 0 Å². The predicted molar refractivity (Wildman–Crippen MR) is 86.7 cm³/mol.